The van der Waals surface area contributed by atoms with E-state index in [1.165, 1.54) is 11.0 Å². The first kappa shape index (κ1) is 29.5. The maximum absolute atomic E-state index is 15.3. The van der Waals surface area contributed by atoms with Gasteiger partial charge in [0.15, 0.2) is 0 Å². The topological polar surface area (TPSA) is 108 Å². The van der Waals surface area contributed by atoms with Crippen LogP contribution in [-0.4, -0.2) is 71.4 Å². The summed E-state index contributed by atoms with van der Waals surface area (Å²) in [5, 5.41) is 5.23. The molecular formula is C31H43FN4O5. The Labute approximate surface area is 241 Å². The van der Waals surface area contributed by atoms with Crippen molar-refractivity contribution in [3.05, 3.63) is 34.6 Å². The summed E-state index contributed by atoms with van der Waals surface area (Å²) >= 11 is 0. The first-order chi connectivity index (χ1) is 19.5. The van der Waals surface area contributed by atoms with Crippen molar-refractivity contribution in [2.45, 2.75) is 96.2 Å². The van der Waals surface area contributed by atoms with Gasteiger partial charge in [-0.1, -0.05) is 6.07 Å². The molecule has 2 N–H and O–H groups in total. The summed E-state index contributed by atoms with van der Waals surface area (Å²) in [5.74, 6) is -0.234. The molecule has 0 aromatic heterocycles. The van der Waals surface area contributed by atoms with E-state index >= 15 is 4.39 Å². The molecule has 1 saturated carbocycles. The standard InChI is InChI=1S/C31H43FN4O5/c1-31(2,3)41-30(40)33-16-19-4-6-20(7-5-19)17-35-12-10-21(11-13-35)23-14-22-18-36(29(39)24(22)15-25(23)32)26-8-9-27(37)34-28(26)38/h14-15,19-21,26H,4-13,16-18H2,1-3H3,(H,33,40)(H,34,37,38). The van der Waals surface area contributed by atoms with E-state index in [9.17, 15) is 19.2 Å². The third kappa shape index (κ3) is 7.08. The average molecular weight is 571 g/mol. The molecule has 41 heavy (non-hydrogen) atoms. The van der Waals surface area contributed by atoms with Crippen LogP contribution in [0.5, 0.6) is 0 Å². The number of alkyl carbamates (subject to hydrolysis) is 1. The number of ether oxygens (including phenoxy) is 1. The maximum atomic E-state index is 15.3. The lowest BCUT2D eigenvalue weighted by molar-refractivity contribution is -0.136. The second kappa shape index (κ2) is 12.1. The third-order valence-electron chi connectivity index (χ3n) is 9.08. The summed E-state index contributed by atoms with van der Waals surface area (Å²) in [5.41, 5.74) is 1.26. The molecule has 1 unspecified atom stereocenters. The number of amides is 4. The van der Waals surface area contributed by atoms with Crippen molar-refractivity contribution in [2.24, 2.45) is 11.8 Å². The zero-order chi connectivity index (χ0) is 29.3. The lowest BCUT2D eigenvalue weighted by atomic mass is 9.81. The van der Waals surface area contributed by atoms with Crippen molar-refractivity contribution in [3.8, 4) is 0 Å². The second-order valence-electron chi connectivity index (χ2n) is 13.3. The molecule has 224 valence electrons. The Morgan fingerprint density at radius 3 is 2.37 bits per heavy atom. The minimum Gasteiger partial charge on any atom is -0.444 e. The zero-order valence-electron chi connectivity index (χ0n) is 24.5. The number of rotatable bonds is 6. The normalized spacial score (nSPS) is 26.1. The Hall–Kier alpha value is -3.01. The van der Waals surface area contributed by atoms with Crippen molar-refractivity contribution in [1.29, 1.82) is 0 Å². The third-order valence-corrected chi connectivity index (χ3v) is 9.08. The van der Waals surface area contributed by atoms with Gasteiger partial charge in [-0.05, 0) is 114 Å². The molecule has 3 aliphatic heterocycles. The highest BCUT2D eigenvalue weighted by atomic mass is 19.1. The van der Waals surface area contributed by atoms with Crippen molar-refractivity contribution in [1.82, 2.24) is 20.4 Å². The van der Waals surface area contributed by atoms with Crippen molar-refractivity contribution in [3.63, 3.8) is 0 Å². The number of hydrogen-bond donors (Lipinski definition) is 2. The summed E-state index contributed by atoms with van der Waals surface area (Å²) in [4.78, 5) is 52.8. The van der Waals surface area contributed by atoms with E-state index in [1.807, 2.05) is 26.8 Å². The largest absolute Gasteiger partial charge is 0.444 e. The SMILES string of the molecule is CC(C)(C)OC(=O)NCC1CCC(CN2CCC(c3cc4c(cc3F)C(=O)N(C3CCC(=O)NC3=O)C4)CC2)CC1. The Balaban J connectivity index is 1.08. The summed E-state index contributed by atoms with van der Waals surface area (Å²) in [6.07, 6.45) is 6.39. The Morgan fingerprint density at radius 2 is 1.71 bits per heavy atom. The highest BCUT2D eigenvalue weighted by Crippen LogP contribution is 2.36. The smallest absolute Gasteiger partial charge is 0.407 e. The lowest BCUT2D eigenvalue weighted by Crippen LogP contribution is -2.52. The molecule has 0 bridgehead atoms. The van der Waals surface area contributed by atoms with Gasteiger partial charge in [0.05, 0.1) is 0 Å². The van der Waals surface area contributed by atoms with Gasteiger partial charge in [-0.25, -0.2) is 9.18 Å². The summed E-state index contributed by atoms with van der Waals surface area (Å²) < 4.78 is 20.6. The Kier molecular flexibility index (Phi) is 8.68. The van der Waals surface area contributed by atoms with Crippen molar-refractivity contribution >= 4 is 23.8 Å². The summed E-state index contributed by atoms with van der Waals surface area (Å²) in [6, 6.07) is 2.49. The van der Waals surface area contributed by atoms with E-state index in [0.717, 1.165) is 63.7 Å². The van der Waals surface area contributed by atoms with Crippen molar-refractivity contribution < 1.29 is 28.3 Å². The van der Waals surface area contributed by atoms with Gasteiger partial charge in [0.2, 0.25) is 11.8 Å². The zero-order valence-corrected chi connectivity index (χ0v) is 24.5. The van der Waals surface area contributed by atoms with Gasteiger partial charge in [0.1, 0.15) is 17.5 Å². The number of piperidine rings is 2. The summed E-state index contributed by atoms with van der Waals surface area (Å²) in [6.45, 7) is 9.42. The predicted molar refractivity (Wildman–Crippen MR) is 151 cm³/mol. The van der Waals surface area contributed by atoms with Crippen LogP contribution in [0.2, 0.25) is 0 Å². The van der Waals surface area contributed by atoms with Crippen LogP contribution in [0, 0.1) is 17.7 Å². The summed E-state index contributed by atoms with van der Waals surface area (Å²) in [7, 11) is 0. The van der Waals surface area contributed by atoms with Crippen LogP contribution in [-0.2, 0) is 20.9 Å². The molecule has 1 aliphatic carbocycles. The molecule has 0 radical (unpaired) electrons. The highest BCUT2D eigenvalue weighted by Gasteiger charge is 2.40. The molecule has 3 heterocycles. The number of benzene rings is 1. The van der Waals surface area contributed by atoms with Gasteiger partial charge in [-0.2, -0.15) is 0 Å². The fourth-order valence-corrected chi connectivity index (χ4v) is 6.87. The van der Waals surface area contributed by atoms with Gasteiger partial charge in [-0.3, -0.25) is 19.7 Å². The number of imide groups is 1. The second-order valence-corrected chi connectivity index (χ2v) is 13.3. The van der Waals surface area contributed by atoms with Crippen LogP contribution in [0.1, 0.15) is 99.5 Å². The lowest BCUT2D eigenvalue weighted by Gasteiger charge is -2.37. The molecule has 2 saturated heterocycles. The quantitative estimate of drug-likeness (QED) is 0.499. The van der Waals surface area contributed by atoms with Crippen molar-refractivity contribution in [2.75, 3.05) is 26.2 Å². The minimum atomic E-state index is -0.696. The van der Waals surface area contributed by atoms with E-state index in [4.69, 9.17) is 4.74 Å². The molecule has 10 heteroatoms. The number of carbonyl (C=O) groups excluding carboxylic acids is 4. The van der Waals surface area contributed by atoms with Crippen LogP contribution in [0.25, 0.3) is 0 Å². The number of nitrogens with zero attached hydrogens (tertiary/aromatic N) is 2. The van der Waals surface area contributed by atoms with Gasteiger partial charge in [0, 0.05) is 31.6 Å². The fraction of sp³-hybridized carbons (Fsp3) is 0.677. The van der Waals surface area contributed by atoms with Gasteiger partial charge in [-0.15, -0.1) is 0 Å². The molecular weight excluding hydrogens is 527 g/mol. The monoisotopic (exact) mass is 570 g/mol. The molecule has 1 aromatic rings. The molecule has 3 fully saturated rings. The number of likely N-dealkylation sites (tertiary alicyclic amines) is 1. The van der Waals surface area contributed by atoms with E-state index in [2.05, 4.69) is 15.5 Å². The van der Waals surface area contributed by atoms with Crippen LogP contribution in [0.15, 0.2) is 12.1 Å². The van der Waals surface area contributed by atoms with E-state index < -0.39 is 17.6 Å². The molecule has 4 amide bonds. The Bertz CT molecular complexity index is 1180. The number of hydrogen-bond acceptors (Lipinski definition) is 6. The van der Waals surface area contributed by atoms with Crippen LogP contribution in [0.4, 0.5) is 9.18 Å². The van der Waals surface area contributed by atoms with E-state index in [1.54, 1.807) is 0 Å². The molecule has 1 atom stereocenters. The molecule has 4 aliphatic rings. The first-order valence-corrected chi connectivity index (χ1v) is 15.1. The fourth-order valence-electron chi connectivity index (χ4n) is 6.87. The van der Waals surface area contributed by atoms with Crippen LogP contribution >= 0.6 is 0 Å². The number of nitrogens with one attached hydrogen (secondary N) is 2. The van der Waals surface area contributed by atoms with Gasteiger partial charge >= 0.3 is 6.09 Å². The van der Waals surface area contributed by atoms with E-state index in [-0.39, 0.29) is 42.6 Å². The highest BCUT2D eigenvalue weighted by molar-refractivity contribution is 6.05. The molecule has 1 aromatic carbocycles. The molecule has 9 nitrogen and oxygen atoms in total. The van der Waals surface area contributed by atoms with Gasteiger partial charge in [0.25, 0.3) is 5.91 Å². The number of halogens is 1. The first-order valence-electron chi connectivity index (χ1n) is 15.1. The van der Waals surface area contributed by atoms with E-state index in [0.29, 0.717) is 35.9 Å². The number of fused-ring (bicyclic) bond motifs is 1. The maximum Gasteiger partial charge on any atom is 0.407 e. The minimum absolute atomic E-state index is 0.103. The molecule has 5 rings (SSSR count). The van der Waals surface area contributed by atoms with Crippen LogP contribution in [0.3, 0.4) is 0 Å². The predicted octanol–water partition coefficient (Wildman–Crippen LogP) is 4.10. The number of carbonyl (C=O) groups is 4. The van der Waals surface area contributed by atoms with Crippen LogP contribution < -0.4 is 10.6 Å². The van der Waals surface area contributed by atoms with Gasteiger partial charge < -0.3 is 19.9 Å². The average Bonchev–Trinajstić information content (AvgIpc) is 3.22. The Morgan fingerprint density at radius 1 is 1.02 bits per heavy atom. The molecule has 0 spiro atoms.